The van der Waals surface area contributed by atoms with Crippen LogP contribution in [0.3, 0.4) is 0 Å². The molecule has 1 saturated heterocycles. The van der Waals surface area contributed by atoms with Crippen molar-refractivity contribution >= 4 is 0 Å². The van der Waals surface area contributed by atoms with Crippen LogP contribution >= 0.6 is 0 Å². The van der Waals surface area contributed by atoms with Gasteiger partial charge in [-0.2, -0.15) is 0 Å². The van der Waals surface area contributed by atoms with Crippen LogP contribution in [0.25, 0.3) is 0 Å². The molecule has 25 heavy (non-hydrogen) atoms. The molecule has 7 bridgehead atoms. The number of fused-ring (bicyclic) bond motifs is 2. The molecule has 7 rings (SSSR count). The summed E-state index contributed by atoms with van der Waals surface area (Å²) in [6.45, 7) is 11.5. The van der Waals surface area contributed by atoms with Crippen LogP contribution in [-0.4, -0.2) is 46.5 Å². The van der Waals surface area contributed by atoms with Gasteiger partial charge in [-0.15, -0.1) is 0 Å². The highest BCUT2D eigenvalue weighted by Crippen LogP contribution is 2.83. The molecule has 3 unspecified atom stereocenters. The van der Waals surface area contributed by atoms with Gasteiger partial charge in [-0.05, 0) is 66.9 Å². The van der Waals surface area contributed by atoms with Crippen LogP contribution < -0.4 is 0 Å². The monoisotopic (exact) mass is 343 g/mol. The summed E-state index contributed by atoms with van der Waals surface area (Å²) in [7, 11) is 0. The highest BCUT2D eigenvalue weighted by atomic mass is 16.3. The zero-order valence-electron chi connectivity index (χ0n) is 15.7. The molecule has 0 amide bonds. The summed E-state index contributed by atoms with van der Waals surface area (Å²) < 4.78 is 0. The maximum absolute atomic E-state index is 11.5. The summed E-state index contributed by atoms with van der Waals surface area (Å²) >= 11 is 0. The fraction of sp³-hybridized carbons (Fsp3) is 0.909. The second-order valence-corrected chi connectivity index (χ2v) is 10.7. The summed E-state index contributed by atoms with van der Waals surface area (Å²) in [5.74, 6) is 1.77. The van der Waals surface area contributed by atoms with E-state index < -0.39 is 0 Å². The molecule has 0 aromatic rings. The normalized spacial score (nSPS) is 64.6. The van der Waals surface area contributed by atoms with E-state index >= 15 is 0 Å². The Labute approximate surface area is 151 Å². The van der Waals surface area contributed by atoms with Gasteiger partial charge in [0.2, 0.25) is 0 Å². The van der Waals surface area contributed by atoms with Gasteiger partial charge < -0.3 is 10.2 Å². The second-order valence-electron chi connectivity index (χ2n) is 10.7. The lowest BCUT2D eigenvalue weighted by molar-refractivity contribution is -0.227. The maximum atomic E-state index is 11.5. The number of hydrogen-bond acceptors (Lipinski definition) is 3. The standard InChI is InChI=1S/C22H33NO2/c1-4-23-11-20(3)7-5-8-22-15(20)10-14(18(22)23)21-9-6-13(12(2)19(21)25)16(24)17(21)22/h13-19,24-25H,2,4-11H2,1,3H3/t13?,14-,15+,16-,17?,18+,19+,20-,21?,22-/m0/s1. The minimum Gasteiger partial charge on any atom is -0.392 e. The molecule has 2 N–H and O–H groups in total. The first-order valence-corrected chi connectivity index (χ1v) is 10.7. The lowest BCUT2D eigenvalue weighted by Crippen LogP contribution is -2.69. The van der Waals surface area contributed by atoms with Gasteiger partial charge in [-0.25, -0.2) is 0 Å². The number of aliphatic hydroxyl groups excluding tert-OH is 2. The zero-order valence-corrected chi connectivity index (χ0v) is 15.7. The molecular weight excluding hydrogens is 310 g/mol. The molecule has 1 aliphatic heterocycles. The predicted molar refractivity (Wildman–Crippen MR) is 96.8 cm³/mol. The van der Waals surface area contributed by atoms with E-state index in [2.05, 4.69) is 25.3 Å². The Morgan fingerprint density at radius 1 is 1.20 bits per heavy atom. The summed E-state index contributed by atoms with van der Waals surface area (Å²) in [4.78, 5) is 2.77. The second kappa shape index (κ2) is 4.36. The SMILES string of the molecule is C=C1C2CCC3(C([C@H]2O)[C@@]24CCC[C@@]5(C)CN(CC)[C@@H]2[C@@H]3C[C@H]54)[C@@H]1O. The molecular formula is C22H33NO2. The van der Waals surface area contributed by atoms with Crippen LogP contribution in [-0.2, 0) is 0 Å². The largest absolute Gasteiger partial charge is 0.392 e. The topological polar surface area (TPSA) is 43.7 Å². The van der Waals surface area contributed by atoms with E-state index in [1.165, 1.54) is 32.2 Å². The lowest BCUT2D eigenvalue weighted by atomic mass is 9.39. The Balaban J connectivity index is 1.60. The fourth-order valence-corrected chi connectivity index (χ4v) is 10.1. The van der Waals surface area contributed by atoms with E-state index in [1.807, 2.05) is 0 Å². The number of piperidine rings is 1. The fourth-order valence-electron chi connectivity index (χ4n) is 10.1. The number of aliphatic hydroxyl groups is 2. The Morgan fingerprint density at radius 3 is 2.76 bits per heavy atom. The summed E-state index contributed by atoms with van der Waals surface area (Å²) in [5, 5.41) is 22.9. The third-order valence-electron chi connectivity index (χ3n) is 10.5. The summed E-state index contributed by atoms with van der Waals surface area (Å²) in [6.07, 6.45) is 6.75. The first kappa shape index (κ1) is 15.7. The van der Waals surface area contributed by atoms with Crippen molar-refractivity contribution in [1.82, 2.24) is 4.90 Å². The molecule has 7 aliphatic rings. The molecule has 3 nitrogen and oxygen atoms in total. The molecule has 7 fully saturated rings. The van der Waals surface area contributed by atoms with E-state index in [-0.39, 0.29) is 29.0 Å². The summed E-state index contributed by atoms with van der Waals surface area (Å²) in [6, 6.07) is 0.592. The Hall–Kier alpha value is -0.380. The van der Waals surface area contributed by atoms with Crippen LogP contribution in [0.1, 0.15) is 52.4 Å². The van der Waals surface area contributed by atoms with Crippen LogP contribution in [0.2, 0.25) is 0 Å². The quantitative estimate of drug-likeness (QED) is 0.720. The molecule has 6 saturated carbocycles. The smallest absolute Gasteiger partial charge is 0.0814 e. The first-order valence-electron chi connectivity index (χ1n) is 10.7. The van der Waals surface area contributed by atoms with Gasteiger partial charge in [0.15, 0.2) is 0 Å². The molecule has 0 radical (unpaired) electrons. The first-order chi connectivity index (χ1) is 11.9. The van der Waals surface area contributed by atoms with Crippen molar-refractivity contribution in [2.24, 2.45) is 39.9 Å². The predicted octanol–water partition coefficient (Wildman–Crippen LogP) is 2.82. The average Bonchev–Trinajstić information content (AvgIpc) is 2.99. The molecule has 10 atom stereocenters. The Kier molecular flexibility index (Phi) is 2.73. The molecule has 138 valence electrons. The minimum absolute atomic E-state index is 0.0809. The van der Waals surface area contributed by atoms with Crippen LogP contribution in [0.5, 0.6) is 0 Å². The van der Waals surface area contributed by atoms with Crippen LogP contribution in [0.4, 0.5) is 0 Å². The van der Waals surface area contributed by atoms with Gasteiger partial charge >= 0.3 is 0 Å². The van der Waals surface area contributed by atoms with Crippen molar-refractivity contribution in [1.29, 1.82) is 0 Å². The van der Waals surface area contributed by atoms with Crippen molar-refractivity contribution in [2.75, 3.05) is 13.1 Å². The zero-order chi connectivity index (χ0) is 17.4. The molecule has 1 heterocycles. The number of rotatable bonds is 1. The lowest BCUT2D eigenvalue weighted by Gasteiger charge is -2.68. The van der Waals surface area contributed by atoms with Crippen molar-refractivity contribution in [2.45, 2.75) is 70.6 Å². The van der Waals surface area contributed by atoms with Crippen molar-refractivity contribution in [3.63, 3.8) is 0 Å². The van der Waals surface area contributed by atoms with Gasteiger partial charge in [0.25, 0.3) is 0 Å². The highest BCUT2D eigenvalue weighted by molar-refractivity contribution is 5.38. The highest BCUT2D eigenvalue weighted by Gasteiger charge is 2.84. The van der Waals surface area contributed by atoms with Crippen LogP contribution in [0, 0.1) is 39.9 Å². The van der Waals surface area contributed by atoms with E-state index in [0.29, 0.717) is 23.3 Å². The van der Waals surface area contributed by atoms with Gasteiger partial charge in [0, 0.05) is 29.8 Å². The Morgan fingerprint density at radius 2 is 2.00 bits per heavy atom. The van der Waals surface area contributed by atoms with E-state index in [9.17, 15) is 10.2 Å². The molecule has 3 heteroatoms. The maximum Gasteiger partial charge on any atom is 0.0814 e. The molecule has 6 aliphatic carbocycles. The number of hydrogen-bond donors (Lipinski definition) is 2. The third-order valence-corrected chi connectivity index (χ3v) is 10.5. The Bertz CT molecular complexity index is 662. The van der Waals surface area contributed by atoms with E-state index in [4.69, 9.17) is 0 Å². The third kappa shape index (κ3) is 1.34. The van der Waals surface area contributed by atoms with E-state index in [0.717, 1.165) is 30.9 Å². The molecule has 2 spiro atoms. The van der Waals surface area contributed by atoms with E-state index in [1.54, 1.807) is 0 Å². The van der Waals surface area contributed by atoms with Gasteiger partial charge in [0.05, 0.1) is 12.2 Å². The van der Waals surface area contributed by atoms with Gasteiger partial charge in [0.1, 0.15) is 0 Å². The number of nitrogens with zero attached hydrogens (tertiary/aromatic N) is 1. The van der Waals surface area contributed by atoms with Crippen molar-refractivity contribution in [3.05, 3.63) is 12.2 Å². The van der Waals surface area contributed by atoms with Crippen molar-refractivity contribution < 1.29 is 10.2 Å². The average molecular weight is 344 g/mol. The van der Waals surface area contributed by atoms with Gasteiger partial charge in [-0.3, -0.25) is 4.90 Å². The number of likely N-dealkylation sites (tertiary alicyclic amines) is 1. The molecule has 0 aromatic carbocycles. The summed E-state index contributed by atoms with van der Waals surface area (Å²) in [5.41, 5.74) is 1.54. The minimum atomic E-state index is -0.377. The van der Waals surface area contributed by atoms with Gasteiger partial charge in [-0.1, -0.05) is 26.8 Å². The van der Waals surface area contributed by atoms with Crippen LogP contribution in [0.15, 0.2) is 12.2 Å². The molecule has 0 aromatic heterocycles. The van der Waals surface area contributed by atoms with Crippen molar-refractivity contribution in [3.8, 4) is 0 Å².